The molecule has 0 aliphatic carbocycles. The molecule has 1 heterocycles. The molecule has 1 aromatic heterocycles. The maximum absolute atomic E-state index is 12.2. The predicted molar refractivity (Wildman–Crippen MR) is 74.4 cm³/mol. The molecule has 6 heteroatoms. The lowest BCUT2D eigenvalue weighted by atomic mass is 10.2. The lowest BCUT2D eigenvalue weighted by Gasteiger charge is -2.14. The van der Waals surface area contributed by atoms with Crippen molar-refractivity contribution in [2.45, 2.75) is 17.9 Å². The first-order valence-electron chi connectivity index (χ1n) is 5.67. The fraction of sp³-hybridized carbons (Fsp3) is 0.154. The Balaban J connectivity index is 2.26. The minimum atomic E-state index is -3.65. The molecule has 1 N–H and O–H groups in total. The molecule has 100 valence electrons. The second-order valence-electron chi connectivity index (χ2n) is 4.06. The van der Waals surface area contributed by atoms with Gasteiger partial charge in [0.1, 0.15) is 4.90 Å². The molecular weight excluding hydrogens is 284 g/mol. The molecule has 4 nitrogen and oxygen atoms in total. The van der Waals surface area contributed by atoms with Gasteiger partial charge in [0.2, 0.25) is 10.0 Å². The van der Waals surface area contributed by atoms with E-state index >= 15 is 0 Å². The SMILES string of the molecule is C[C@@H](NS(=O)(=O)c1ccccc1Cl)c1cccnc1. The highest BCUT2D eigenvalue weighted by molar-refractivity contribution is 7.89. The van der Waals surface area contributed by atoms with Crippen molar-refractivity contribution in [3.63, 3.8) is 0 Å². The standard InChI is InChI=1S/C13H13ClN2O2S/c1-10(11-5-4-8-15-9-11)16-19(17,18)13-7-3-2-6-12(13)14/h2-10,16H,1H3/t10-/m1/s1. The molecule has 0 saturated carbocycles. The molecule has 1 aromatic carbocycles. The van der Waals surface area contributed by atoms with Crippen LogP contribution in [0.4, 0.5) is 0 Å². The summed E-state index contributed by atoms with van der Waals surface area (Å²) in [6, 6.07) is 9.53. The van der Waals surface area contributed by atoms with Gasteiger partial charge in [0.05, 0.1) is 5.02 Å². The fourth-order valence-corrected chi connectivity index (χ4v) is 3.41. The second-order valence-corrected chi connectivity index (χ2v) is 6.15. The number of rotatable bonds is 4. The molecule has 19 heavy (non-hydrogen) atoms. The van der Waals surface area contributed by atoms with Gasteiger partial charge in [-0.25, -0.2) is 13.1 Å². The van der Waals surface area contributed by atoms with Crippen molar-refractivity contribution in [1.29, 1.82) is 0 Å². The van der Waals surface area contributed by atoms with Crippen molar-refractivity contribution >= 4 is 21.6 Å². The maximum Gasteiger partial charge on any atom is 0.242 e. The molecule has 0 bridgehead atoms. The van der Waals surface area contributed by atoms with Gasteiger partial charge in [-0.1, -0.05) is 29.8 Å². The maximum atomic E-state index is 12.2. The summed E-state index contributed by atoms with van der Waals surface area (Å²) in [5, 5.41) is 0.202. The highest BCUT2D eigenvalue weighted by Crippen LogP contribution is 2.22. The first kappa shape index (κ1) is 14.0. The van der Waals surface area contributed by atoms with Crippen LogP contribution in [0, 0.1) is 0 Å². The van der Waals surface area contributed by atoms with E-state index in [9.17, 15) is 8.42 Å². The van der Waals surface area contributed by atoms with Gasteiger partial charge in [0, 0.05) is 18.4 Å². The van der Waals surface area contributed by atoms with Crippen LogP contribution in [0.25, 0.3) is 0 Å². The van der Waals surface area contributed by atoms with Crippen molar-refractivity contribution < 1.29 is 8.42 Å². The van der Waals surface area contributed by atoms with Gasteiger partial charge >= 0.3 is 0 Å². The number of benzene rings is 1. The van der Waals surface area contributed by atoms with Gasteiger partial charge in [0.15, 0.2) is 0 Å². The molecule has 0 radical (unpaired) electrons. The summed E-state index contributed by atoms with van der Waals surface area (Å²) < 4.78 is 27.0. The summed E-state index contributed by atoms with van der Waals surface area (Å²) in [6.45, 7) is 1.76. The van der Waals surface area contributed by atoms with E-state index in [1.165, 1.54) is 6.07 Å². The van der Waals surface area contributed by atoms with Crippen LogP contribution in [0.15, 0.2) is 53.7 Å². The molecule has 2 aromatic rings. The monoisotopic (exact) mass is 296 g/mol. The van der Waals surface area contributed by atoms with Crippen molar-refractivity contribution in [2.24, 2.45) is 0 Å². The third kappa shape index (κ3) is 3.32. The normalized spacial score (nSPS) is 13.2. The first-order valence-corrected chi connectivity index (χ1v) is 7.53. The molecule has 0 aliphatic rings. The number of halogens is 1. The number of nitrogens with one attached hydrogen (secondary N) is 1. The summed E-state index contributed by atoms with van der Waals surface area (Å²) in [6.07, 6.45) is 3.26. The van der Waals surface area contributed by atoms with Crippen LogP contribution >= 0.6 is 11.6 Å². The van der Waals surface area contributed by atoms with Crippen LogP contribution < -0.4 is 4.72 Å². The molecule has 2 rings (SSSR count). The number of sulfonamides is 1. The van der Waals surface area contributed by atoms with E-state index in [2.05, 4.69) is 9.71 Å². The number of hydrogen-bond acceptors (Lipinski definition) is 3. The molecule has 0 amide bonds. The largest absolute Gasteiger partial charge is 0.264 e. The molecule has 0 unspecified atom stereocenters. The highest BCUT2D eigenvalue weighted by atomic mass is 35.5. The fourth-order valence-electron chi connectivity index (χ4n) is 1.66. The van der Waals surface area contributed by atoms with Crippen molar-refractivity contribution in [3.8, 4) is 0 Å². The Kier molecular flexibility index (Phi) is 4.19. The van der Waals surface area contributed by atoms with E-state index in [0.717, 1.165) is 5.56 Å². The number of aromatic nitrogens is 1. The molecule has 0 spiro atoms. The molecule has 0 saturated heterocycles. The zero-order valence-corrected chi connectivity index (χ0v) is 11.8. The van der Waals surface area contributed by atoms with Crippen molar-refractivity contribution in [2.75, 3.05) is 0 Å². The Hall–Kier alpha value is -1.43. The predicted octanol–water partition coefficient (Wildman–Crippen LogP) is 2.77. The van der Waals surface area contributed by atoms with E-state index < -0.39 is 10.0 Å². The van der Waals surface area contributed by atoms with Crippen molar-refractivity contribution in [3.05, 3.63) is 59.4 Å². The van der Waals surface area contributed by atoms with Crippen LogP contribution in [0.2, 0.25) is 5.02 Å². The van der Waals surface area contributed by atoms with Gasteiger partial charge in [-0.05, 0) is 30.7 Å². The van der Waals surface area contributed by atoms with Crippen LogP contribution in [-0.2, 0) is 10.0 Å². The van der Waals surface area contributed by atoms with E-state index in [1.54, 1.807) is 43.6 Å². The average Bonchev–Trinajstić information content (AvgIpc) is 2.39. The summed E-state index contributed by atoms with van der Waals surface area (Å²) >= 11 is 5.91. The van der Waals surface area contributed by atoms with Gasteiger partial charge in [-0.3, -0.25) is 4.98 Å². The lowest BCUT2D eigenvalue weighted by Crippen LogP contribution is -2.27. The van der Waals surface area contributed by atoms with Crippen molar-refractivity contribution in [1.82, 2.24) is 9.71 Å². The Morgan fingerprint density at radius 3 is 2.58 bits per heavy atom. The summed E-state index contributed by atoms with van der Waals surface area (Å²) in [4.78, 5) is 4.04. The molecular formula is C13H13ClN2O2S. The Morgan fingerprint density at radius 2 is 1.95 bits per heavy atom. The Labute approximate surface area is 117 Å². The lowest BCUT2D eigenvalue weighted by molar-refractivity contribution is 0.566. The number of nitrogens with zero attached hydrogens (tertiary/aromatic N) is 1. The van der Waals surface area contributed by atoms with E-state index in [4.69, 9.17) is 11.6 Å². The van der Waals surface area contributed by atoms with Crippen LogP contribution in [0.3, 0.4) is 0 Å². The van der Waals surface area contributed by atoms with Gasteiger partial charge < -0.3 is 0 Å². The summed E-state index contributed by atoms with van der Waals surface area (Å²) in [5.74, 6) is 0. The van der Waals surface area contributed by atoms with E-state index in [-0.39, 0.29) is 16.0 Å². The zero-order valence-electron chi connectivity index (χ0n) is 10.2. The topological polar surface area (TPSA) is 59.1 Å². The molecule has 1 atom stereocenters. The van der Waals surface area contributed by atoms with Crippen LogP contribution in [-0.4, -0.2) is 13.4 Å². The first-order chi connectivity index (χ1) is 9.00. The van der Waals surface area contributed by atoms with Crippen LogP contribution in [0.1, 0.15) is 18.5 Å². The minimum Gasteiger partial charge on any atom is -0.264 e. The van der Waals surface area contributed by atoms with Gasteiger partial charge in [-0.15, -0.1) is 0 Å². The smallest absolute Gasteiger partial charge is 0.242 e. The summed E-state index contributed by atoms with van der Waals surface area (Å²) in [7, 11) is -3.65. The molecule has 0 fully saturated rings. The Morgan fingerprint density at radius 1 is 1.21 bits per heavy atom. The van der Waals surface area contributed by atoms with E-state index in [0.29, 0.717) is 0 Å². The minimum absolute atomic E-state index is 0.0763. The average molecular weight is 297 g/mol. The third-order valence-corrected chi connectivity index (χ3v) is 4.68. The number of hydrogen-bond donors (Lipinski definition) is 1. The second kappa shape index (κ2) is 5.69. The number of pyridine rings is 1. The zero-order chi connectivity index (χ0) is 13.9. The van der Waals surface area contributed by atoms with Crippen LogP contribution in [0.5, 0.6) is 0 Å². The molecule has 0 aliphatic heterocycles. The third-order valence-electron chi connectivity index (χ3n) is 2.64. The summed E-state index contributed by atoms with van der Waals surface area (Å²) in [5.41, 5.74) is 0.790. The highest BCUT2D eigenvalue weighted by Gasteiger charge is 2.20. The van der Waals surface area contributed by atoms with Gasteiger partial charge in [-0.2, -0.15) is 0 Å². The quantitative estimate of drug-likeness (QED) is 0.944. The van der Waals surface area contributed by atoms with Gasteiger partial charge in [0.25, 0.3) is 0 Å². The van der Waals surface area contributed by atoms with E-state index in [1.807, 2.05) is 6.07 Å². The Bertz CT molecular complexity index is 659.